The number of rotatable bonds is 5. The van der Waals surface area contributed by atoms with Gasteiger partial charge in [-0.2, -0.15) is 0 Å². The normalized spacial score (nSPS) is 13.3. The molecule has 0 fully saturated rings. The van der Waals surface area contributed by atoms with Gasteiger partial charge in [-0.15, -0.1) is 11.3 Å². The zero-order valence-electron chi connectivity index (χ0n) is 17.6. The van der Waals surface area contributed by atoms with Crippen LogP contribution in [-0.4, -0.2) is 21.6 Å². The molecule has 1 aliphatic heterocycles. The zero-order valence-corrected chi connectivity index (χ0v) is 18.4. The molecule has 4 aromatic rings. The van der Waals surface area contributed by atoms with Crippen LogP contribution in [-0.2, 0) is 30.7 Å². The van der Waals surface area contributed by atoms with E-state index in [1.807, 2.05) is 54.6 Å². The monoisotopic (exact) mass is 445 g/mol. The maximum Gasteiger partial charge on any atom is 0.332 e. The van der Waals surface area contributed by atoms with Crippen LogP contribution in [0.15, 0.2) is 75.6 Å². The van der Waals surface area contributed by atoms with Crippen LogP contribution >= 0.6 is 11.3 Å². The average Bonchev–Trinajstić information content (AvgIpc) is 3.32. The van der Waals surface area contributed by atoms with Crippen LogP contribution in [0, 0.1) is 0 Å². The van der Waals surface area contributed by atoms with Crippen LogP contribution in [0.5, 0.6) is 0 Å². The third-order valence-electron chi connectivity index (χ3n) is 6.01. The Morgan fingerprint density at radius 3 is 2.56 bits per heavy atom. The summed E-state index contributed by atoms with van der Waals surface area (Å²) in [5.41, 5.74) is 2.92. The predicted molar refractivity (Wildman–Crippen MR) is 128 cm³/mol. The predicted octanol–water partition coefficient (Wildman–Crippen LogP) is 3.45. The molecule has 3 heterocycles. The lowest BCUT2D eigenvalue weighted by Gasteiger charge is -2.29. The Hall–Kier alpha value is -3.45. The molecular formula is C25H23N3O3S. The van der Waals surface area contributed by atoms with Gasteiger partial charge in [0.25, 0.3) is 5.56 Å². The summed E-state index contributed by atoms with van der Waals surface area (Å²) in [6, 6.07) is 19.4. The molecule has 0 spiro atoms. The van der Waals surface area contributed by atoms with Crippen molar-refractivity contribution in [3.8, 4) is 0 Å². The zero-order chi connectivity index (χ0) is 22.1. The number of carbonyl (C=O) groups is 1. The fourth-order valence-electron chi connectivity index (χ4n) is 4.38. The number of aromatic nitrogens is 2. The second-order valence-electron chi connectivity index (χ2n) is 7.97. The molecule has 0 aliphatic carbocycles. The Kier molecular flexibility index (Phi) is 5.49. The maximum atomic E-state index is 13.3. The van der Waals surface area contributed by atoms with Crippen molar-refractivity contribution in [3.05, 3.63) is 98.0 Å². The number of nitrogens with zero attached hydrogens (tertiary/aromatic N) is 3. The molecule has 0 bridgehead atoms. The second-order valence-corrected chi connectivity index (χ2v) is 8.89. The molecule has 0 radical (unpaired) electrons. The van der Waals surface area contributed by atoms with E-state index in [4.69, 9.17) is 0 Å². The highest BCUT2D eigenvalue weighted by molar-refractivity contribution is 7.17. The molecule has 1 amide bonds. The first-order valence-electron chi connectivity index (χ1n) is 10.8. The van der Waals surface area contributed by atoms with E-state index in [9.17, 15) is 14.4 Å². The van der Waals surface area contributed by atoms with Crippen molar-refractivity contribution >= 4 is 33.1 Å². The lowest BCUT2D eigenvalue weighted by molar-refractivity contribution is -0.119. The molecule has 0 unspecified atom stereocenters. The molecule has 32 heavy (non-hydrogen) atoms. The summed E-state index contributed by atoms with van der Waals surface area (Å²) in [6.45, 7) is 0.813. The average molecular weight is 446 g/mol. The quantitative estimate of drug-likeness (QED) is 0.473. The van der Waals surface area contributed by atoms with Crippen LogP contribution in [0.2, 0.25) is 0 Å². The van der Waals surface area contributed by atoms with Crippen LogP contribution in [0.3, 0.4) is 0 Å². The standard InChI is InChI=1S/C25H23N3O3S/c29-22(26-14-6-10-19-9-4-5-11-20(19)26)17-28-21-13-16-32-23(21)24(30)27(25(28)31)15-12-18-7-2-1-3-8-18/h1-5,7-9,11,13,16H,6,10,12,14-15,17H2. The summed E-state index contributed by atoms with van der Waals surface area (Å²) in [5, 5.41) is 1.80. The Bertz CT molecular complexity index is 1400. The van der Waals surface area contributed by atoms with E-state index in [1.165, 1.54) is 20.5 Å². The summed E-state index contributed by atoms with van der Waals surface area (Å²) in [5.74, 6) is -0.139. The van der Waals surface area contributed by atoms with Crippen LogP contribution in [0.25, 0.3) is 10.2 Å². The Morgan fingerprint density at radius 1 is 0.938 bits per heavy atom. The summed E-state index contributed by atoms with van der Waals surface area (Å²) >= 11 is 1.31. The second kappa shape index (κ2) is 8.59. The number of carbonyl (C=O) groups excluding carboxylic acids is 1. The minimum atomic E-state index is -0.435. The molecule has 7 heteroatoms. The number of fused-ring (bicyclic) bond motifs is 2. The van der Waals surface area contributed by atoms with Crippen molar-refractivity contribution in [1.82, 2.24) is 9.13 Å². The largest absolute Gasteiger partial charge is 0.332 e. The van der Waals surface area contributed by atoms with E-state index in [2.05, 4.69) is 0 Å². The van der Waals surface area contributed by atoms with Gasteiger partial charge in [-0.1, -0.05) is 48.5 Å². The molecule has 0 atom stereocenters. The van der Waals surface area contributed by atoms with Crippen LogP contribution < -0.4 is 16.1 Å². The molecule has 0 N–H and O–H groups in total. The van der Waals surface area contributed by atoms with Crippen molar-refractivity contribution < 1.29 is 4.79 Å². The number of anilines is 1. The van der Waals surface area contributed by atoms with Gasteiger partial charge in [0, 0.05) is 18.8 Å². The van der Waals surface area contributed by atoms with Crippen LogP contribution in [0.4, 0.5) is 5.69 Å². The number of para-hydroxylation sites is 1. The van der Waals surface area contributed by atoms with Gasteiger partial charge in [-0.25, -0.2) is 4.79 Å². The van der Waals surface area contributed by atoms with Gasteiger partial charge < -0.3 is 4.90 Å². The van der Waals surface area contributed by atoms with E-state index >= 15 is 0 Å². The summed E-state index contributed by atoms with van der Waals surface area (Å²) in [7, 11) is 0. The Morgan fingerprint density at radius 2 is 1.72 bits per heavy atom. The number of amides is 1. The lowest BCUT2D eigenvalue weighted by Crippen LogP contribution is -2.44. The van der Waals surface area contributed by atoms with Gasteiger partial charge >= 0.3 is 5.69 Å². The highest BCUT2D eigenvalue weighted by Gasteiger charge is 2.24. The lowest BCUT2D eigenvalue weighted by atomic mass is 10.0. The summed E-state index contributed by atoms with van der Waals surface area (Å²) in [4.78, 5) is 41.4. The fraction of sp³-hybridized carbons (Fsp3) is 0.240. The molecule has 6 nitrogen and oxygen atoms in total. The maximum absolute atomic E-state index is 13.3. The number of aryl methyl sites for hydroxylation is 2. The molecule has 5 rings (SSSR count). The highest BCUT2D eigenvalue weighted by Crippen LogP contribution is 2.27. The SMILES string of the molecule is O=C(Cn1c(=O)n(CCc2ccccc2)c(=O)c2sccc21)N1CCCc2ccccc21. The van der Waals surface area contributed by atoms with Gasteiger partial charge in [0.2, 0.25) is 5.91 Å². The molecule has 2 aromatic carbocycles. The summed E-state index contributed by atoms with van der Waals surface area (Å²) < 4.78 is 3.23. The molecule has 0 saturated heterocycles. The number of benzene rings is 2. The molecule has 0 saturated carbocycles. The van der Waals surface area contributed by atoms with E-state index in [0.717, 1.165) is 29.7 Å². The minimum absolute atomic E-state index is 0.0913. The van der Waals surface area contributed by atoms with E-state index in [0.29, 0.717) is 23.2 Å². The van der Waals surface area contributed by atoms with Gasteiger partial charge in [0.1, 0.15) is 11.2 Å². The van der Waals surface area contributed by atoms with Gasteiger partial charge in [0.05, 0.1) is 5.52 Å². The minimum Gasteiger partial charge on any atom is -0.311 e. The van der Waals surface area contributed by atoms with E-state index < -0.39 is 5.69 Å². The number of thiophene rings is 1. The van der Waals surface area contributed by atoms with Crippen LogP contribution in [0.1, 0.15) is 17.5 Å². The van der Waals surface area contributed by atoms with Gasteiger partial charge in [-0.3, -0.25) is 18.7 Å². The van der Waals surface area contributed by atoms with Crippen molar-refractivity contribution in [3.63, 3.8) is 0 Å². The first-order valence-corrected chi connectivity index (χ1v) is 11.6. The van der Waals surface area contributed by atoms with E-state index in [1.54, 1.807) is 16.3 Å². The molecule has 1 aliphatic rings. The molecule has 162 valence electrons. The highest BCUT2D eigenvalue weighted by atomic mass is 32.1. The van der Waals surface area contributed by atoms with Crippen molar-refractivity contribution in [2.75, 3.05) is 11.4 Å². The Labute approximate surface area is 189 Å². The van der Waals surface area contributed by atoms with E-state index in [-0.39, 0.29) is 24.6 Å². The van der Waals surface area contributed by atoms with Gasteiger partial charge in [-0.05, 0) is 47.9 Å². The van der Waals surface area contributed by atoms with Crippen molar-refractivity contribution in [1.29, 1.82) is 0 Å². The first kappa shape index (κ1) is 20.5. The van der Waals surface area contributed by atoms with Gasteiger partial charge in [0.15, 0.2) is 0 Å². The number of hydrogen-bond acceptors (Lipinski definition) is 4. The van der Waals surface area contributed by atoms with Crippen molar-refractivity contribution in [2.24, 2.45) is 0 Å². The first-order chi connectivity index (χ1) is 15.6. The third kappa shape index (κ3) is 3.69. The van der Waals surface area contributed by atoms with Crippen molar-refractivity contribution in [2.45, 2.75) is 32.4 Å². The molecule has 2 aromatic heterocycles. The topological polar surface area (TPSA) is 64.3 Å². The Balaban J connectivity index is 1.50. The third-order valence-corrected chi connectivity index (χ3v) is 6.90. The summed E-state index contributed by atoms with van der Waals surface area (Å²) in [6.07, 6.45) is 2.40. The smallest absolute Gasteiger partial charge is 0.311 e. The molecular weight excluding hydrogens is 422 g/mol. The number of hydrogen-bond donors (Lipinski definition) is 0. The fourth-order valence-corrected chi connectivity index (χ4v) is 5.23.